The number of nitrogens with zero attached hydrogens (tertiary/aromatic N) is 2. The molecule has 0 unspecified atom stereocenters. The summed E-state index contributed by atoms with van der Waals surface area (Å²) in [5.74, 6) is 1.01. The molecule has 0 aliphatic heterocycles. The van der Waals surface area contributed by atoms with Gasteiger partial charge in [-0.05, 0) is 48.9 Å². The molecule has 3 aromatic rings. The van der Waals surface area contributed by atoms with E-state index in [0.717, 1.165) is 22.0 Å². The lowest BCUT2D eigenvalue weighted by Crippen LogP contribution is -1.98. The van der Waals surface area contributed by atoms with E-state index in [1.807, 2.05) is 31.2 Å². The molecule has 2 N–H and O–H groups in total. The van der Waals surface area contributed by atoms with Gasteiger partial charge in [0.1, 0.15) is 5.82 Å². The number of fused-ring (bicyclic) bond motifs is 1. The molecular weight excluding hydrogens is 293 g/mol. The standard InChI is InChI=1S/C15H11Cl2N3/c1-8-6-9(16)2-4-11(8)15-19-13-5-3-10(17)7-12(13)14(18)20-15/h2-7H,1H3,(H2,18,19,20). The summed E-state index contributed by atoms with van der Waals surface area (Å²) in [4.78, 5) is 8.91. The smallest absolute Gasteiger partial charge is 0.162 e. The highest BCUT2D eigenvalue weighted by atomic mass is 35.5. The van der Waals surface area contributed by atoms with Gasteiger partial charge >= 0.3 is 0 Å². The van der Waals surface area contributed by atoms with Crippen LogP contribution in [0.4, 0.5) is 5.82 Å². The molecule has 1 aromatic heterocycles. The minimum absolute atomic E-state index is 0.418. The summed E-state index contributed by atoms with van der Waals surface area (Å²) in [6.07, 6.45) is 0. The van der Waals surface area contributed by atoms with Crippen LogP contribution in [-0.4, -0.2) is 9.97 Å². The highest BCUT2D eigenvalue weighted by molar-refractivity contribution is 6.31. The molecule has 0 fully saturated rings. The predicted molar refractivity (Wildman–Crippen MR) is 84.1 cm³/mol. The average molecular weight is 304 g/mol. The highest BCUT2D eigenvalue weighted by Crippen LogP contribution is 2.28. The maximum atomic E-state index is 6.01. The van der Waals surface area contributed by atoms with Crippen LogP contribution in [0.2, 0.25) is 10.0 Å². The van der Waals surface area contributed by atoms with Crippen molar-refractivity contribution in [3.8, 4) is 11.4 Å². The fraction of sp³-hybridized carbons (Fsp3) is 0.0667. The molecule has 0 spiro atoms. The van der Waals surface area contributed by atoms with Crippen LogP contribution >= 0.6 is 23.2 Å². The van der Waals surface area contributed by atoms with Crippen molar-refractivity contribution in [2.24, 2.45) is 0 Å². The van der Waals surface area contributed by atoms with E-state index >= 15 is 0 Å². The number of aryl methyl sites for hydroxylation is 1. The molecule has 0 atom stereocenters. The maximum absolute atomic E-state index is 6.01. The number of rotatable bonds is 1. The molecule has 3 rings (SSSR count). The Hall–Kier alpha value is -1.84. The molecule has 3 nitrogen and oxygen atoms in total. The summed E-state index contributed by atoms with van der Waals surface area (Å²) >= 11 is 11.9. The van der Waals surface area contributed by atoms with Crippen LogP contribution in [0.3, 0.4) is 0 Å². The van der Waals surface area contributed by atoms with Crippen molar-refractivity contribution in [1.29, 1.82) is 0 Å². The Morgan fingerprint density at radius 2 is 1.65 bits per heavy atom. The van der Waals surface area contributed by atoms with Gasteiger partial charge in [-0.1, -0.05) is 23.2 Å². The van der Waals surface area contributed by atoms with Crippen molar-refractivity contribution >= 4 is 39.9 Å². The molecule has 0 bridgehead atoms. The maximum Gasteiger partial charge on any atom is 0.162 e. The highest BCUT2D eigenvalue weighted by Gasteiger charge is 2.10. The first kappa shape index (κ1) is 13.2. The number of benzene rings is 2. The molecule has 1 heterocycles. The largest absolute Gasteiger partial charge is 0.383 e. The summed E-state index contributed by atoms with van der Waals surface area (Å²) in [5.41, 5.74) is 8.70. The van der Waals surface area contributed by atoms with Crippen LogP contribution < -0.4 is 5.73 Å². The fourth-order valence-electron chi connectivity index (χ4n) is 2.12. The zero-order chi connectivity index (χ0) is 14.3. The quantitative estimate of drug-likeness (QED) is 0.720. The Kier molecular flexibility index (Phi) is 3.24. The van der Waals surface area contributed by atoms with E-state index in [0.29, 0.717) is 21.7 Å². The van der Waals surface area contributed by atoms with Gasteiger partial charge in [0, 0.05) is 21.0 Å². The number of anilines is 1. The van der Waals surface area contributed by atoms with Crippen LogP contribution in [0.25, 0.3) is 22.3 Å². The molecular formula is C15H11Cl2N3. The zero-order valence-corrected chi connectivity index (χ0v) is 12.2. The van der Waals surface area contributed by atoms with Gasteiger partial charge in [-0.25, -0.2) is 9.97 Å². The number of nitrogens with two attached hydrogens (primary N) is 1. The first-order chi connectivity index (χ1) is 9.54. The van der Waals surface area contributed by atoms with E-state index in [1.54, 1.807) is 12.1 Å². The lowest BCUT2D eigenvalue weighted by atomic mass is 10.1. The SMILES string of the molecule is Cc1cc(Cl)ccc1-c1nc(N)c2cc(Cl)ccc2n1. The van der Waals surface area contributed by atoms with Gasteiger partial charge in [-0.15, -0.1) is 0 Å². The van der Waals surface area contributed by atoms with Gasteiger partial charge in [0.05, 0.1) is 5.52 Å². The Labute approximate surface area is 126 Å². The van der Waals surface area contributed by atoms with Gasteiger partial charge in [-0.3, -0.25) is 0 Å². The topological polar surface area (TPSA) is 51.8 Å². The van der Waals surface area contributed by atoms with Gasteiger partial charge < -0.3 is 5.73 Å². The number of hydrogen-bond acceptors (Lipinski definition) is 3. The third-order valence-electron chi connectivity index (χ3n) is 3.12. The second kappa shape index (κ2) is 4.93. The van der Waals surface area contributed by atoms with Gasteiger partial charge in [-0.2, -0.15) is 0 Å². The van der Waals surface area contributed by atoms with Crippen molar-refractivity contribution in [3.63, 3.8) is 0 Å². The molecule has 0 radical (unpaired) electrons. The van der Waals surface area contributed by atoms with Crippen molar-refractivity contribution in [2.75, 3.05) is 5.73 Å². The second-order valence-corrected chi connectivity index (χ2v) is 5.43. The Balaban J connectivity index is 2.24. The van der Waals surface area contributed by atoms with E-state index in [4.69, 9.17) is 28.9 Å². The van der Waals surface area contributed by atoms with E-state index in [-0.39, 0.29) is 0 Å². The number of halogens is 2. The number of aromatic nitrogens is 2. The van der Waals surface area contributed by atoms with E-state index in [2.05, 4.69) is 9.97 Å². The zero-order valence-electron chi connectivity index (χ0n) is 10.7. The Bertz CT molecular complexity index is 816. The fourth-order valence-corrected chi connectivity index (χ4v) is 2.52. The van der Waals surface area contributed by atoms with Crippen molar-refractivity contribution in [2.45, 2.75) is 6.92 Å². The molecule has 0 aliphatic rings. The Morgan fingerprint density at radius 3 is 2.40 bits per heavy atom. The predicted octanol–water partition coefficient (Wildman–Crippen LogP) is 4.49. The molecule has 0 saturated heterocycles. The summed E-state index contributed by atoms with van der Waals surface area (Å²) in [6.45, 7) is 1.97. The number of nitrogen functional groups attached to an aromatic ring is 1. The summed E-state index contributed by atoms with van der Waals surface area (Å²) in [7, 11) is 0. The molecule has 5 heteroatoms. The monoisotopic (exact) mass is 303 g/mol. The molecule has 0 amide bonds. The van der Waals surface area contributed by atoms with Gasteiger partial charge in [0.2, 0.25) is 0 Å². The minimum atomic E-state index is 0.418. The minimum Gasteiger partial charge on any atom is -0.383 e. The average Bonchev–Trinajstić information content (AvgIpc) is 2.39. The van der Waals surface area contributed by atoms with Crippen molar-refractivity contribution in [1.82, 2.24) is 9.97 Å². The number of hydrogen-bond donors (Lipinski definition) is 1. The summed E-state index contributed by atoms with van der Waals surface area (Å²) in [6, 6.07) is 11.0. The van der Waals surface area contributed by atoms with E-state index in [1.165, 1.54) is 0 Å². The lowest BCUT2D eigenvalue weighted by Gasteiger charge is -2.08. The summed E-state index contributed by atoms with van der Waals surface area (Å²) < 4.78 is 0. The molecule has 0 aliphatic carbocycles. The molecule has 100 valence electrons. The third-order valence-corrected chi connectivity index (χ3v) is 3.59. The van der Waals surface area contributed by atoms with Crippen molar-refractivity contribution in [3.05, 3.63) is 52.0 Å². The van der Waals surface area contributed by atoms with Gasteiger partial charge in [0.15, 0.2) is 5.82 Å². The molecule has 20 heavy (non-hydrogen) atoms. The van der Waals surface area contributed by atoms with Crippen LogP contribution in [0, 0.1) is 6.92 Å². The van der Waals surface area contributed by atoms with Crippen LogP contribution in [-0.2, 0) is 0 Å². The van der Waals surface area contributed by atoms with Crippen molar-refractivity contribution < 1.29 is 0 Å². The normalized spacial score (nSPS) is 10.9. The first-order valence-electron chi connectivity index (χ1n) is 6.04. The van der Waals surface area contributed by atoms with E-state index < -0.39 is 0 Å². The van der Waals surface area contributed by atoms with Crippen LogP contribution in [0.1, 0.15) is 5.56 Å². The second-order valence-electron chi connectivity index (χ2n) is 4.55. The van der Waals surface area contributed by atoms with E-state index in [9.17, 15) is 0 Å². The molecule has 2 aromatic carbocycles. The first-order valence-corrected chi connectivity index (χ1v) is 6.79. The van der Waals surface area contributed by atoms with Crippen LogP contribution in [0.5, 0.6) is 0 Å². The van der Waals surface area contributed by atoms with Gasteiger partial charge in [0.25, 0.3) is 0 Å². The molecule has 0 saturated carbocycles. The Morgan fingerprint density at radius 1 is 0.950 bits per heavy atom. The summed E-state index contributed by atoms with van der Waals surface area (Å²) in [5, 5.41) is 2.06. The third kappa shape index (κ3) is 2.30. The lowest BCUT2D eigenvalue weighted by molar-refractivity contribution is 1.22. The van der Waals surface area contributed by atoms with Crippen LogP contribution in [0.15, 0.2) is 36.4 Å².